The minimum atomic E-state index is 0.0486. The smallest absolute Gasteiger partial charge is 0.227 e. The Morgan fingerprint density at radius 1 is 1.27 bits per heavy atom. The van der Waals surface area contributed by atoms with Gasteiger partial charge in [0.1, 0.15) is 11.5 Å². The molecule has 1 amide bonds. The summed E-state index contributed by atoms with van der Waals surface area (Å²) in [5.74, 6) is 1.47. The number of methoxy groups -OCH3 is 2. The number of rotatable bonds is 6. The molecule has 1 heterocycles. The molecule has 0 N–H and O–H groups in total. The van der Waals surface area contributed by atoms with Crippen molar-refractivity contribution in [2.24, 2.45) is 0 Å². The SMILES string of the molecule is COc1ccc(OC)c(CC(=O)N(C)[C@H](C)c2cccs2)c1. The van der Waals surface area contributed by atoms with Crippen molar-refractivity contribution in [1.29, 1.82) is 0 Å². The van der Waals surface area contributed by atoms with Crippen LogP contribution in [0.3, 0.4) is 0 Å². The van der Waals surface area contributed by atoms with E-state index in [0.29, 0.717) is 5.75 Å². The van der Waals surface area contributed by atoms with Crippen molar-refractivity contribution >= 4 is 17.2 Å². The van der Waals surface area contributed by atoms with Crippen molar-refractivity contribution < 1.29 is 14.3 Å². The third-order valence-electron chi connectivity index (χ3n) is 3.76. The van der Waals surface area contributed by atoms with E-state index in [4.69, 9.17) is 9.47 Å². The monoisotopic (exact) mass is 319 g/mol. The average molecular weight is 319 g/mol. The highest BCUT2D eigenvalue weighted by Crippen LogP contribution is 2.27. The van der Waals surface area contributed by atoms with Gasteiger partial charge in [0.25, 0.3) is 0 Å². The zero-order chi connectivity index (χ0) is 16.1. The van der Waals surface area contributed by atoms with Crippen LogP contribution in [0.1, 0.15) is 23.4 Å². The quantitative estimate of drug-likeness (QED) is 0.817. The highest BCUT2D eigenvalue weighted by Gasteiger charge is 2.20. The van der Waals surface area contributed by atoms with Gasteiger partial charge < -0.3 is 14.4 Å². The third-order valence-corrected chi connectivity index (χ3v) is 4.80. The van der Waals surface area contributed by atoms with Gasteiger partial charge in [-0.3, -0.25) is 4.79 Å². The molecule has 0 bridgehead atoms. The molecular weight excluding hydrogens is 298 g/mol. The molecule has 2 aromatic rings. The summed E-state index contributed by atoms with van der Waals surface area (Å²) in [6.07, 6.45) is 0.284. The number of benzene rings is 1. The van der Waals surface area contributed by atoms with E-state index in [0.717, 1.165) is 11.3 Å². The van der Waals surface area contributed by atoms with Crippen LogP contribution in [0, 0.1) is 0 Å². The Morgan fingerprint density at radius 2 is 2.05 bits per heavy atom. The molecule has 1 aromatic carbocycles. The molecule has 0 unspecified atom stereocenters. The van der Waals surface area contributed by atoms with Gasteiger partial charge in [0.2, 0.25) is 5.91 Å². The summed E-state index contributed by atoms with van der Waals surface area (Å²) < 4.78 is 10.6. The van der Waals surface area contributed by atoms with E-state index in [1.54, 1.807) is 30.5 Å². The van der Waals surface area contributed by atoms with E-state index in [1.807, 2.05) is 49.7 Å². The number of carbonyl (C=O) groups is 1. The summed E-state index contributed by atoms with van der Waals surface area (Å²) in [6, 6.07) is 9.60. The van der Waals surface area contributed by atoms with Crippen LogP contribution in [-0.4, -0.2) is 32.1 Å². The molecule has 0 spiro atoms. The summed E-state index contributed by atoms with van der Waals surface area (Å²) in [7, 11) is 5.05. The van der Waals surface area contributed by atoms with Gasteiger partial charge in [-0.25, -0.2) is 0 Å². The van der Waals surface area contributed by atoms with Crippen LogP contribution < -0.4 is 9.47 Å². The number of carbonyl (C=O) groups excluding carboxylic acids is 1. The molecule has 22 heavy (non-hydrogen) atoms. The highest BCUT2D eigenvalue weighted by atomic mass is 32.1. The normalized spacial score (nSPS) is 11.8. The molecule has 4 nitrogen and oxygen atoms in total. The van der Waals surface area contributed by atoms with Crippen LogP contribution in [0.4, 0.5) is 0 Å². The number of likely N-dealkylation sites (N-methyl/N-ethyl adjacent to an activating group) is 1. The van der Waals surface area contributed by atoms with Gasteiger partial charge in [-0.1, -0.05) is 6.07 Å². The van der Waals surface area contributed by atoms with E-state index in [9.17, 15) is 4.79 Å². The predicted molar refractivity (Wildman–Crippen MR) is 88.8 cm³/mol. The standard InChI is InChI=1S/C17H21NO3S/c1-12(16-6-5-9-22-16)18(2)17(19)11-13-10-14(20-3)7-8-15(13)21-4/h5-10,12H,11H2,1-4H3/t12-/m1/s1. The largest absolute Gasteiger partial charge is 0.497 e. The van der Waals surface area contributed by atoms with Crippen molar-refractivity contribution in [3.63, 3.8) is 0 Å². The molecule has 0 saturated heterocycles. The fraction of sp³-hybridized carbons (Fsp3) is 0.353. The Balaban J connectivity index is 2.14. The van der Waals surface area contributed by atoms with Gasteiger partial charge >= 0.3 is 0 Å². The first kappa shape index (κ1) is 16.4. The second-order valence-corrected chi connectivity index (χ2v) is 6.03. The van der Waals surface area contributed by atoms with E-state index in [2.05, 4.69) is 0 Å². The van der Waals surface area contributed by atoms with Crippen molar-refractivity contribution in [2.45, 2.75) is 19.4 Å². The Hall–Kier alpha value is -2.01. The fourth-order valence-electron chi connectivity index (χ4n) is 2.24. The number of hydrogen-bond donors (Lipinski definition) is 0. The number of thiophene rings is 1. The van der Waals surface area contributed by atoms with E-state index in [-0.39, 0.29) is 18.4 Å². The Morgan fingerprint density at radius 3 is 2.64 bits per heavy atom. The van der Waals surface area contributed by atoms with Crippen molar-refractivity contribution in [3.05, 3.63) is 46.2 Å². The van der Waals surface area contributed by atoms with E-state index >= 15 is 0 Å². The van der Waals surface area contributed by atoms with Gasteiger partial charge in [-0.15, -0.1) is 11.3 Å². The van der Waals surface area contributed by atoms with E-state index in [1.165, 1.54) is 4.88 Å². The molecule has 118 valence electrons. The summed E-state index contributed by atoms with van der Waals surface area (Å²) in [5.41, 5.74) is 0.831. The lowest BCUT2D eigenvalue weighted by Crippen LogP contribution is -2.30. The van der Waals surface area contributed by atoms with Gasteiger partial charge in [-0.05, 0) is 36.6 Å². The molecule has 1 atom stereocenters. The number of nitrogens with zero attached hydrogens (tertiary/aromatic N) is 1. The first-order valence-electron chi connectivity index (χ1n) is 7.06. The maximum Gasteiger partial charge on any atom is 0.227 e. The molecule has 0 aliphatic carbocycles. The lowest BCUT2D eigenvalue weighted by Gasteiger charge is -2.24. The van der Waals surface area contributed by atoms with Crippen LogP contribution in [0.2, 0.25) is 0 Å². The van der Waals surface area contributed by atoms with Crippen molar-refractivity contribution in [2.75, 3.05) is 21.3 Å². The van der Waals surface area contributed by atoms with Gasteiger partial charge in [0, 0.05) is 17.5 Å². The van der Waals surface area contributed by atoms with Crippen LogP contribution in [-0.2, 0) is 11.2 Å². The van der Waals surface area contributed by atoms with Crippen LogP contribution in [0.5, 0.6) is 11.5 Å². The molecule has 0 fully saturated rings. The molecule has 5 heteroatoms. The zero-order valence-electron chi connectivity index (χ0n) is 13.3. The van der Waals surface area contributed by atoms with Gasteiger partial charge in [0.15, 0.2) is 0 Å². The maximum absolute atomic E-state index is 12.6. The van der Waals surface area contributed by atoms with Gasteiger partial charge in [-0.2, -0.15) is 0 Å². The molecular formula is C17H21NO3S. The number of ether oxygens (including phenoxy) is 2. The zero-order valence-corrected chi connectivity index (χ0v) is 14.1. The minimum Gasteiger partial charge on any atom is -0.497 e. The second kappa shape index (κ2) is 7.31. The molecule has 0 radical (unpaired) electrons. The molecule has 0 aliphatic heterocycles. The van der Waals surface area contributed by atoms with Crippen LogP contribution >= 0.6 is 11.3 Å². The summed E-state index contributed by atoms with van der Waals surface area (Å²) >= 11 is 1.66. The Labute approximate surface area is 135 Å². The summed E-state index contributed by atoms with van der Waals surface area (Å²) in [6.45, 7) is 2.03. The second-order valence-electron chi connectivity index (χ2n) is 5.05. The molecule has 2 rings (SSSR count). The Bertz CT molecular complexity index is 625. The highest BCUT2D eigenvalue weighted by molar-refractivity contribution is 7.10. The van der Waals surface area contributed by atoms with Gasteiger partial charge in [0.05, 0.1) is 26.7 Å². The fourth-order valence-corrected chi connectivity index (χ4v) is 3.07. The number of hydrogen-bond acceptors (Lipinski definition) is 4. The summed E-state index contributed by atoms with van der Waals surface area (Å²) in [5, 5.41) is 2.02. The predicted octanol–water partition coefficient (Wildman–Crippen LogP) is 3.53. The lowest BCUT2D eigenvalue weighted by molar-refractivity contribution is -0.131. The van der Waals surface area contributed by atoms with Crippen LogP contribution in [0.15, 0.2) is 35.7 Å². The lowest BCUT2D eigenvalue weighted by atomic mass is 10.1. The van der Waals surface area contributed by atoms with Crippen LogP contribution in [0.25, 0.3) is 0 Å². The Kier molecular flexibility index (Phi) is 5.44. The first-order chi connectivity index (χ1) is 10.6. The summed E-state index contributed by atoms with van der Waals surface area (Å²) in [4.78, 5) is 15.5. The first-order valence-corrected chi connectivity index (χ1v) is 7.94. The minimum absolute atomic E-state index is 0.0486. The van der Waals surface area contributed by atoms with Crippen molar-refractivity contribution in [1.82, 2.24) is 4.90 Å². The third kappa shape index (κ3) is 3.60. The topological polar surface area (TPSA) is 38.8 Å². The molecule has 0 saturated carbocycles. The molecule has 0 aliphatic rings. The average Bonchev–Trinajstić information content (AvgIpc) is 3.07. The number of amides is 1. The van der Waals surface area contributed by atoms with Crippen molar-refractivity contribution in [3.8, 4) is 11.5 Å². The van der Waals surface area contributed by atoms with E-state index < -0.39 is 0 Å². The molecule has 1 aromatic heterocycles. The maximum atomic E-state index is 12.6.